The first-order valence-corrected chi connectivity index (χ1v) is 9.73. The molecule has 0 amide bonds. The number of carboxylic acid groups (broad SMARTS) is 1. The van der Waals surface area contributed by atoms with E-state index < -0.39 is 5.97 Å². The van der Waals surface area contributed by atoms with Gasteiger partial charge in [0.1, 0.15) is 5.75 Å². The third-order valence-electron chi connectivity index (χ3n) is 5.01. The monoisotopic (exact) mass is 383 g/mol. The first kappa shape index (κ1) is 19.4. The number of aliphatic carboxylic acids is 1. The Morgan fingerprint density at radius 1 is 1.15 bits per heavy atom. The van der Waals surface area contributed by atoms with E-state index in [0.717, 1.165) is 35.4 Å². The van der Waals surface area contributed by atoms with Crippen LogP contribution in [0.25, 0.3) is 10.9 Å². The van der Waals surface area contributed by atoms with Crippen LogP contribution in [0.2, 0.25) is 0 Å². The lowest BCUT2D eigenvalue weighted by Crippen LogP contribution is -2.06. The van der Waals surface area contributed by atoms with Gasteiger partial charge in [-0.1, -0.05) is 24.3 Å². The molecular weight excluding hydrogens is 358 g/mol. The van der Waals surface area contributed by atoms with E-state index in [1.807, 2.05) is 6.07 Å². The van der Waals surface area contributed by atoms with Gasteiger partial charge in [-0.3, -0.25) is 4.79 Å². The van der Waals surface area contributed by atoms with Crippen molar-refractivity contribution in [3.05, 3.63) is 64.8 Å². The first-order chi connectivity index (χ1) is 13.0. The molecule has 142 valence electrons. The van der Waals surface area contributed by atoms with Crippen LogP contribution in [0.4, 0.5) is 0 Å². The summed E-state index contributed by atoms with van der Waals surface area (Å²) in [6, 6.07) is 14.6. The highest BCUT2D eigenvalue weighted by Gasteiger charge is 2.15. The molecule has 3 aromatic rings. The lowest BCUT2D eigenvalue weighted by atomic mass is 10.1. The van der Waals surface area contributed by atoms with Crippen molar-refractivity contribution in [3.8, 4) is 5.75 Å². The Labute approximate surface area is 165 Å². The van der Waals surface area contributed by atoms with Crippen molar-refractivity contribution in [3.63, 3.8) is 0 Å². The van der Waals surface area contributed by atoms with E-state index >= 15 is 0 Å². The number of nitrogens with zero attached hydrogens (tertiary/aromatic N) is 1. The van der Waals surface area contributed by atoms with Crippen LogP contribution in [-0.2, 0) is 23.5 Å². The van der Waals surface area contributed by atoms with Crippen molar-refractivity contribution in [1.82, 2.24) is 4.57 Å². The molecule has 0 fully saturated rings. The third-order valence-corrected chi connectivity index (χ3v) is 5.37. The number of hydrogen-bond donors (Lipinski definition) is 2. The molecule has 0 aliphatic heterocycles. The molecule has 0 saturated heterocycles. The summed E-state index contributed by atoms with van der Waals surface area (Å²) in [5.41, 5.74) is 5.95. The molecule has 0 aliphatic rings. The zero-order chi connectivity index (χ0) is 19.4. The van der Waals surface area contributed by atoms with Crippen LogP contribution in [0.3, 0.4) is 0 Å². The van der Waals surface area contributed by atoms with Gasteiger partial charge in [-0.2, -0.15) is 12.6 Å². The van der Waals surface area contributed by atoms with Gasteiger partial charge >= 0.3 is 5.97 Å². The lowest BCUT2D eigenvalue weighted by molar-refractivity contribution is -0.137. The van der Waals surface area contributed by atoms with Crippen LogP contribution < -0.4 is 4.74 Å². The smallest absolute Gasteiger partial charge is 0.303 e. The Balaban J connectivity index is 2.01. The van der Waals surface area contributed by atoms with E-state index in [0.29, 0.717) is 6.42 Å². The number of benzene rings is 2. The van der Waals surface area contributed by atoms with Crippen molar-refractivity contribution >= 4 is 29.5 Å². The van der Waals surface area contributed by atoms with Crippen molar-refractivity contribution in [2.75, 3.05) is 7.11 Å². The molecule has 0 radical (unpaired) electrons. The van der Waals surface area contributed by atoms with Gasteiger partial charge in [0.15, 0.2) is 0 Å². The maximum absolute atomic E-state index is 10.9. The molecule has 0 bridgehead atoms. The second-order valence-corrected chi connectivity index (χ2v) is 7.08. The first-order valence-electron chi connectivity index (χ1n) is 9.09. The summed E-state index contributed by atoms with van der Waals surface area (Å²) in [4.78, 5) is 10.9. The Morgan fingerprint density at radius 3 is 2.48 bits per heavy atom. The van der Waals surface area contributed by atoms with Crippen LogP contribution in [0.1, 0.15) is 35.2 Å². The molecule has 1 N–H and O–H groups in total. The second-order valence-electron chi connectivity index (χ2n) is 6.76. The number of thiol groups is 1. The van der Waals surface area contributed by atoms with Crippen molar-refractivity contribution < 1.29 is 14.6 Å². The zero-order valence-electron chi connectivity index (χ0n) is 15.7. The van der Waals surface area contributed by atoms with E-state index in [1.165, 1.54) is 22.4 Å². The molecule has 0 atom stereocenters. The van der Waals surface area contributed by atoms with Crippen molar-refractivity contribution in [2.24, 2.45) is 0 Å². The molecule has 0 unspecified atom stereocenters. The summed E-state index contributed by atoms with van der Waals surface area (Å²) in [6.45, 7) is 2.87. The quantitative estimate of drug-likeness (QED) is 0.547. The fourth-order valence-corrected chi connectivity index (χ4v) is 3.73. The summed E-state index contributed by atoms with van der Waals surface area (Å²) in [6.07, 6.45) is 1.55. The van der Waals surface area contributed by atoms with E-state index in [2.05, 4.69) is 60.5 Å². The summed E-state index contributed by atoms with van der Waals surface area (Å²) in [5.74, 6) is 0.809. The molecule has 3 rings (SSSR count). The Kier molecular flexibility index (Phi) is 6.11. The lowest BCUT2D eigenvalue weighted by Gasteiger charge is -2.12. The van der Waals surface area contributed by atoms with Crippen molar-refractivity contribution in [1.29, 1.82) is 0 Å². The summed E-state index contributed by atoms with van der Waals surface area (Å²) >= 11 is 4.32. The third kappa shape index (κ3) is 4.30. The molecule has 1 heterocycles. The zero-order valence-corrected chi connectivity index (χ0v) is 16.6. The molecule has 0 aliphatic carbocycles. The van der Waals surface area contributed by atoms with Crippen LogP contribution in [0.5, 0.6) is 5.75 Å². The SMILES string of the molecule is COc1ccc2c(c1)c(C)c(CCCC(=O)O)n2Cc1ccc(CS)cc1. The number of rotatable bonds is 8. The second kappa shape index (κ2) is 8.53. The molecule has 0 spiro atoms. The number of aryl methyl sites for hydroxylation is 1. The van der Waals surface area contributed by atoms with Gasteiger partial charge in [0.2, 0.25) is 0 Å². The normalized spacial score (nSPS) is 11.1. The summed E-state index contributed by atoms with van der Waals surface area (Å²) in [5, 5.41) is 10.2. The highest BCUT2D eigenvalue weighted by Crippen LogP contribution is 2.31. The van der Waals surface area contributed by atoms with Crippen LogP contribution >= 0.6 is 12.6 Å². The predicted octanol–water partition coefficient (Wildman–Crippen LogP) is 4.84. The van der Waals surface area contributed by atoms with E-state index in [-0.39, 0.29) is 6.42 Å². The van der Waals surface area contributed by atoms with E-state index in [4.69, 9.17) is 9.84 Å². The van der Waals surface area contributed by atoms with Crippen LogP contribution in [-0.4, -0.2) is 22.8 Å². The van der Waals surface area contributed by atoms with Gasteiger partial charge in [0, 0.05) is 35.3 Å². The number of carboxylic acids is 1. The minimum absolute atomic E-state index is 0.181. The number of fused-ring (bicyclic) bond motifs is 1. The maximum atomic E-state index is 10.9. The fourth-order valence-electron chi connectivity index (χ4n) is 3.52. The highest BCUT2D eigenvalue weighted by atomic mass is 32.1. The highest BCUT2D eigenvalue weighted by molar-refractivity contribution is 7.79. The van der Waals surface area contributed by atoms with Crippen molar-refractivity contribution in [2.45, 2.75) is 38.5 Å². The van der Waals surface area contributed by atoms with Gasteiger partial charge < -0.3 is 14.4 Å². The largest absolute Gasteiger partial charge is 0.497 e. The number of ether oxygens (including phenoxy) is 1. The van der Waals surface area contributed by atoms with Crippen LogP contribution in [0.15, 0.2) is 42.5 Å². The average molecular weight is 384 g/mol. The van der Waals surface area contributed by atoms with Gasteiger partial charge in [-0.25, -0.2) is 0 Å². The molecule has 2 aromatic carbocycles. The van der Waals surface area contributed by atoms with Gasteiger partial charge in [-0.05, 0) is 54.7 Å². The minimum atomic E-state index is -0.751. The topological polar surface area (TPSA) is 51.5 Å². The van der Waals surface area contributed by atoms with Gasteiger partial charge in [0.05, 0.1) is 7.11 Å². The fraction of sp³-hybridized carbons (Fsp3) is 0.318. The molecule has 5 heteroatoms. The van der Waals surface area contributed by atoms with Gasteiger partial charge in [-0.15, -0.1) is 0 Å². The molecule has 4 nitrogen and oxygen atoms in total. The van der Waals surface area contributed by atoms with Gasteiger partial charge in [0.25, 0.3) is 0 Å². The number of hydrogen-bond acceptors (Lipinski definition) is 3. The number of aromatic nitrogens is 1. The molecule has 1 aromatic heterocycles. The van der Waals surface area contributed by atoms with E-state index in [1.54, 1.807) is 7.11 Å². The standard InChI is InChI=1S/C22H25NO3S/c1-15-19-12-18(26-2)10-11-21(19)23(20(15)4-3-5-22(24)25)13-16-6-8-17(14-27)9-7-16/h6-12,27H,3-5,13-14H2,1-2H3,(H,24,25). The van der Waals surface area contributed by atoms with E-state index in [9.17, 15) is 4.79 Å². The summed E-state index contributed by atoms with van der Waals surface area (Å²) in [7, 11) is 1.67. The summed E-state index contributed by atoms with van der Waals surface area (Å²) < 4.78 is 7.70. The predicted molar refractivity (Wildman–Crippen MR) is 112 cm³/mol. The Morgan fingerprint density at radius 2 is 1.85 bits per heavy atom. The number of methoxy groups -OCH3 is 1. The number of carbonyl (C=O) groups is 1. The Bertz CT molecular complexity index is 944. The average Bonchev–Trinajstić information content (AvgIpc) is 2.93. The molecular formula is C22H25NO3S. The van der Waals surface area contributed by atoms with Crippen LogP contribution in [0, 0.1) is 6.92 Å². The minimum Gasteiger partial charge on any atom is -0.497 e. The molecule has 0 saturated carbocycles. The Hall–Kier alpha value is -2.40. The maximum Gasteiger partial charge on any atom is 0.303 e. The molecule has 27 heavy (non-hydrogen) atoms.